The molecule has 0 heterocycles. The van der Waals surface area contributed by atoms with Gasteiger partial charge >= 0.3 is 0 Å². The molecule has 0 unspecified atom stereocenters. The second-order valence-corrected chi connectivity index (χ2v) is 4.59. The quantitative estimate of drug-likeness (QED) is 0.841. The number of aryl methyl sites for hydroxylation is 1. The molecule has 0 aromatic heterocycles. The van der Waals surface area contributed by atoms with Crippen LogP contribution in [0.15, 0.2) is 18.2 Å². The molecule has 4 heteroatoms. The average Bonchev–Trinajstić information content (AvgIpc) is 2.21. The van der Waals surface area contributed by atoms with Gasteiger partial charge in [0.15, 0.2) is 0 Å². The van der Waals surface area contributed by atoms with E-state index in [-0.39, 0.29) is 5.91 Å². The van der Waals surface area contributed by atoms with Gasteiger partial charge in [0.2, 0.25) is 5.91 Å². The van der Waals surface area contributed by atoms with Gasteiger partial charge in [0.1, 0.15) is 5.75 Å². The van der Waals surface area contributed by atoms with E-state index in [1.54, 1.807) is 13.8 Å². The zero-order valence-corrected chi connectivity index (χ0v) is 10.8. The van der Waals surface area contributed by atoms with Gasteiger partial charge in [0, 0.05) is 5.69 Å². The van der Waals surface area contributed by atoms with Gasteiger partial charge in [-0.25, -0.2) is 0 Å². The number of amides is 1. The summed E-state index contributed by atoms with van der Waals surface area (Å²) in [5.41, 5.74) is 6.55. The maximum Gasteiger partial charge on any atom is 0.243 e. The number of nitrogens with one attached hydrogen (secondary N) is 1. The number of hydrogen-bond donors (Lipinski definition) is 2. The molecule has 0 saturated carbocycles. The molecular formula is C13H20N2O2. The Hall–Kier alpha value is -1.55. The Labute approximate surface area is 102 Å². The third-order valence-corrected chi connectivity index (χ3v) is 2.34. The zero-order chi connectivity index (χ0) is 13.1. The predicted octanol–water partition coefficient (Wildman–Crippen LogP) is 2.07. The first-order valence-corrected chi connectivity index (χ1v) is 5.68. The lowest BCUT2D eigenvalue weighted by molar-refractivity contribution is -0.120. The topological polar surface area (TPSA) is 64.3 Å². The molecule has 1 aromatic rings. The van der Waals surface area contributed by atoms with E-state index in [0.29, 0.717) is 6.61 Å². The first-order valence-electron chi connectivity index (χ1n) is 5.68. The lowest BCUT2D eigenvalue weighted by Crippen LogP contribution is -2.45. The summed E-state index contributed by atoms with van der Waals surface area (Å²) in [5, 5.41) is 2.80. The monoisotopic (exact) mass is 236 g/mol. The lowest BCUT2D eigenvalue weighted by atomic mass is 10.1. The minimum atomic E-state index is -0.884. The number of ether oxygens (including phenoxy) is 1. The number of rotatable bonds is 4. The second kappa shape index (κ2) is 5.19. The van der Waals surface area contributed by atoms with Crippen LogP contribution in [-0.4, -0.2) is 18.1 Å². The summed E-state index contributed by atoms with van der Waals surface area (Å²) in [5.74, 6) is 0.597. The van der Waals surface area contributed by atoms with E-state index >= 15 is 0 Å². The standard InChI is InChI=1S/C13H20N2O2/c1-5-17-10-6-7-11(9(2)8-10)15-12(16)13(3,4)14/h6-8H,5,14H2,1-4H3,(H,15,16). The Morgan fingerprint density at radius 1 is 1.47 bits per heavy atom. The molecule has 0 atom stereocenters. The molecule has 0 spiro atoms. The summed E-state index contributed by atoms with van der Waals surface area (Å²) in [6, 6.07) is 5.54. The van der Waals surface area contributed by atoms with Crippen molar-refractivity contribution in [3.8, 4) is 5.75 Å². The van der Waals surface area contributed by atoms with Crippen molar-refractivity contribution >= 4 is 11.6 Å². The molecule has 17 heavy (non-hydrogen) atoms. The number of hydrogen-bond acceptors (Lipinski definition) is 3. The Kier molecular flexibility index (Phi) is 4.12. The molecule has 1 amide bonds. The number of benzene rings is 1. The molecule has 0 saturated heterocycles. The predicted molar refractivity (Wildman–Crippen MR) is 69.2 cm³/mol. The van der Waals surface area contributed by atoms with E-state index in [1.165, 1.54) is 0 Å². The number of carbonyl (C=O) groups is 1. The van der Waals surface area contributed by atoms with Crippen LogP contribution in [0.3, 0.4) is 0 Å². The second-order valence-electron chi connectivity index (χ2n) is 4.59. The zero-order valence-electron chi connectivity index (χ0n) is 10.8. The van der Waals surface area contributed by atoms with Gasteiger partial charge in [0.05, 0.1) is 12.1 Å². The van der Waals surface area contributed by atoms with Crippen molar-refractivity contribution in [1.29, 1.82) is 0 Å². The van der Waals surface area contributed by atoms with E-state index < -0.39 is 5.54 Å². The SMILES string of the molecule is CCOc1ccc(NC(=O)C(C)(C)N)c(C)c1. The maximum atomic E-state index is 11.7. The fraction of sp³-hybridized carbons (Fsp3) is 0.462. The Morgan fingerprint density at radius 3 is 2.59 bits per heavy atom. The highest BCUT2D eigenvalue weighted by atomic mass is 16.5. The highest BCUT2D eigenvalue weighted by Crippen LogP contribution is 2.22. The summed E-state index contributed by atoms with van der Waals surface area (Å²) in [7, 11) is 0. The summed E-state index contributed by atoms with van der Waals surface area (Å²) in [6.45, 7) is 7.82. The van der Waals surface area contributed by atoms with Crippen LogP contribution in [0.2, 0.25) is 0 Å². The molecular weight excluding hydrogens is 216 g/mol. The molecule has 0 aliphatic rings. The number of nitrogens with two attached hydrogens (primary N) is 1. The average molecular weight is 236 g/mol. The highest BCUT2D eigenvalue weighted by molar-refractivity contribution is 5.97. The molecule has 0 aliphatic heterocycles. The van der Waals surface area contributed by atoms with Gasteiger partial charge in [-0.2, -0.15) is 0 Å². The van der Waals surface area contributed by atoms with E-state index in [0.717, 1.165) is 17.0 Å². The van der Waals surface area contributed by atoms with Crippen LogP contribution < -0.4 is 15.8 Å². The third kappa shape index (κ3) is 3.75. The van der Waals surface area contributed by atoms with E-state index in [2.05, 4.69) is 5.32 Å². The first-order chi connectivity index (χ1) is 7.84. The van der Waals surface area contributed by atoms with Gasteiger partial charge in [0.25, 0.3) is 0 Å². The molecule has 0 radical (unpaired) electrons. The van der Waals surface area contributed by atoms with Crippen molar-refractivity contribution in [3.05, 3.63) is 23.8 Å². The molecule has 4 nitrogen and oxygen atoms in total. The molecule has 94 valence electrons. The van der Waals surface area contributed by atoms with E-state index in [4.69, 9.17) is 10.5 Å². The Balaban J connectivity index is 2.83. The fourth-order valence-electron chi connectivity index (χ4n) is 1.32. The smallest absolute Gasteiger partial charge is 0.243 e. The molecule has 0 aliphatic carbocycles. The summed E-state index contributed by atoms with van der Waals surface area (Å²) >= 11 is 0. The molecule has 1 aromatic carbocycles. The molecule has 1 rings (SSSR count). The molecule has 0 bridgehead atoms. The van der Waals surface area contributed by atoms with Crippen molar-refractivity contribution in [1.82, 2.24) is 0 Å². The minimum absolute atomic E-state index is 0.204. The van der Waals surface area contributed by atoms with Gasteiger partial charge in [-0.1, -0.05) is 0 Å². The Bertz CT molecular complexity index is 408. The van der Waals surface area contributed by atoms with Crippen molar-refractivity contribution in [2.24, 2.45) is 5.73 Å². The van der Waals surface area contributed by atoms with Crippen LogP contribution in [0.5, 0.6) is 5.75 Å². The van der Waals surface area contributed by atoms with Crippen molar-refractivity contribution in [2.45, 2.75) is 33.2 Å². The minimum Gasteiger partial charge on any atom is -0.494 e. The van der Waals surface area contributed by atoms with Crippen LogP contribution >= 0.6 is 0 Å². The highest BCUT2D eigenvalue weighted by Gasteiger charge is 2.22. The lowest BCUT2D eigenvalue weighted by Gasteiger charge is -2.19. The van der Waals surface area contributed by atoms with Gasteiger partial charge in [-0.3, -0.25) is 4.79 Å². The summed E-state index contributed by atoms with van der Waals surface area (Å²) < 4.78 is 5.38. The third-order valence-electron chi connectivity index (χ3n) is 2.34. The van der Waals surface area contributed by atoms with Crippen LogP contribution in [-0.2, 0) is 4.79 Å². The van der Waals surface area contributed by atoms with Crippen LogP contribution in [0, 0.1) is 6.92 Å². The molecule has 3 N–H and O–H groups in total. The van der Waals surface area contributed by atoms with Gasteiger partial charge < -0.3 is 15.8 Å². The van der Waals surface area contributed by atoms with Crippen molar-refractivity contribution in [3.63, 3.8) is 0 Å². The van der Waals surface area contributed by atoms with Crippen LogP contribution in [0.25, 0.3) is 0 Å². The maximum absolute atomic E-state index is 11.7. The van der Waals surface area contributed by atoms with E-state index in [9.17, 15) is 4.79 Å². The largest absolute Gasteiger partial charge is 0.494 e. The molecule has 0 fully saturated rings. The van der Waals surface area contributed by atoms with Crippen LogP contribution in [0.4, 0.5) is 5.69 Å². The number of carbonyl (C=O) groups excluding carboxylic acids is 1. The number of anilines is 1. The normalized spacial score (nSPS) is 11.1. The van der Waals surface area contributed by atoms with Crippen molar-refractivity contribution in [2.75, 3.05) is 11.9 Å². The first kappa shape index (κ1) is 13.5. The Morgan fingerprint density at radius 2 is 2.12 bits per heavy atom. The summed E-state index contributed by atoms with van der Waals surface area (Å²) in [4.78, 5) is 11.7. The summed E-state index contributed by atoms with van der Waals surface area (Å²) in [6.07, 6.45) is 0. The van der Waals surface area contributed by atoms with Crippen molar-refractivity contribution < 1.29 is 9.53 Å². The fourth-order valence-corrected chi connectivity index (χ4v) is 1.32. The van der Waals surface area contributed by atoms with Gasteiger partial charge in [-0.05, 0) is 51.5 Å². The van der Waals surface area contributed by atoms with Gasteiger partial charge in [-0.15, -0.1) is 0 Å². The van der Waals surface area contributed by atoms with Crippen LogP contribution in [0.1, 0.15) is 26.3 Å². The van der Waals surface area contributed by atoms with E-state index in [1.807, 2.05) is 32.0 Å².